The van der Waals surface area contributed by atoms with Crippen LogP contribution in [0.1, 0.15) is 0 Å². The van der Waals surface area contributed by atoms with Gasteiger partial charge in [-0.25, -0.2) is 14.2 Å². The highest BCUT2D eigenvalue weighted by atomic mass is 35.5. The van der Waals surface area contributed by atoms with Gasteiger partial charge in [-0.3, -0.25) is 0 Å². The molecule has 3 aromatic rings. The van der Waals surface area contributed by atoms with Gasteiger partial charge in [0.15, 0.2) is 4.80 Å². The SMILES string of the molecule is CNC(=O)NCCn1c(-c2ccc(N3CCOCC3)cc2)csc1=Nc1cccc(F)c1.Cl. The van der Waals surface area contributed by atoms with Crippen molar-refractivity contribution in [2.24, 2.45) is 4.99 Å². The summed E-state index contributed by atoms with van der Waals surface area (Å²) in [5.74, 6) is -0.324. The molecule has 33 heavy (non-hydrogen) atoms. The monoisotopic (exact) mass is 491 g/mol. The number of ether oxygens (including phenoxy) is 1. The molecule has 1 aliphatic rings. The molecule has 0 spiro atoms. The molecule has 1 saturated heterocycles. The summed E-state index contributed by atoms with van der Waals surface area (Å²) in [6.07, 6.45) is 0. The molecule has 2 amide bonds. The van der Waals surface area contributed by atoms with Crippen LogP contribution in [0.15, 0.2) is 58.9 Å². The number of hydrogen-bond donors (Lipinski definition) is 2. The van der Waals surface area contributed by atoms with Gasteiger partial charge >= 0.3 is 6.03 Å². The van der Waals surface area contributed by atoms with Crippen molar-refractivity contribution in [1.29, 1.82) is 0 Å². The highest BCUT2D eigenvalue weighted by molar-refractivity contribution is 7.07. The summed E-state index contributed by atoms with van der Waals surface area (Å²) in [6.45, 7) is 4.24. The minimum atomic E-state index is -0.324. The minimum Gasteiger partial charge on any atom is -0.378 e. The van der Waals surface area contributed by atoms with E-state index in [4.69, 9.17) is 4.74 Å². The van der Waals surface area contributed by atoms with E-state index in [0.29, 0.717) is 18.8 Å². The Labute approximate surface area is 202 Å². The van der Waals surface area contributed by atoms with Gasteiger partial charge in [0, 0.05) is 44.3 Å². The first-order valence-electron chi connectivity index (χ1n) is 10.5. The van der Waals surface area contributed by atoms with Crippen LogP contribution in [0.2, 0.25) is 0 Å². The van der Waals surface area contributed by atoms with Crippen LogP contribution in [0.4, 0.5) is 20.6 Å². The molecule has 0 saturated carbocycles. The molecule has 0 unspecified atom stereocenters. The summed E-state index contributed by atoms with van der Waals surface area (Å²) in [6, 6.07) is 14.4. The number of amides is 2. The lowest BCUT2D eigenvalue weighted by molar-refractivity contribution is 0.122. The number of anilines is 1. The molecule has 1 aromatic heterocycles. The van der Waals surface area contributed by atoms with Crippen molar-refractivity contribution in [1.82, 2.24) is 15.2 Å². The second kappa shape index (κ2) is 11.8. The quantitative estimate of drug-likeness (QED) is 0.551. The number of aromatic nitrogens is 1. The van der Waals surface area contributed by atoms with E-state index in [0.717, 1.165) is 42.4 Å². The molecule has 2 heterocycles. The van der Waals surface area contributed by atoms with Crippen LogP contribution in [0, 0.1) is 5.82 Å². The number of rotatable bonds is 6. The molecule has 0 radical (unpaired) electrons. The van der Waals surface area contributed by atoms with E-state index in [1.807, 2.05) is 5.38 Å². The van der Waals surface area contributed by atoms with Gasteiger partial charge in [0.1, 0.15) is 5.82 Å². The van der Waals surface area contributed by atoms with Crippen molar-refractivity contribution in [3.05, 3.63) is 64.5 Å². The molecule has 0 bridgehead atoms. The smallest absolute Gasteiger partial charge is 0.314 e. The first-order chi connectivity index (χ1) is 15.6. The molecule has 0 atom stereocenters. The Bertz CT molecular complexity index is 1130. The van der Waals surface area contributed by atoms with E-state index in [1.165, 1.54) is 29.2 Å². The highest BCUT2D eigenvalue weighted by Gasteiger charge is 2.13. The van der Waals surface area contributed by atoms with Crippen LogP contribution in [-0.4, -0.2) is 50.5 Å². The van der Waals surface area contributed by atoms with Gasteiger partial charge in [0.2, 0.25) is 0 Å². The Hall–Kier alpha value is -2.88. The van der Waals surface area contributed by atoms with Crippen molar-refractivity contribution in [2.75, 3.05) is 44.8 Å². The first kappa shape index (κ1) is 24.8. The predicted octanol–water partition coefficient (Wildman–Crippen LogP) is 3.78. The number of halogens is 2. The number of nitrogens with zero attached hydrogens (tertiary/aromatic N) is 3. The second-order valence-corrected chi connectivity index (χ2v) is 8.14. The standard InChI is InChI=1S/C23H26FN5O2S.ClH/c1-25-22(30)26-9-10-29-21(16-32-23(29)27-19-4-2-3-18(24)15-19)17-5-7-20(8-6-17)28-11-13-31-14-12-28;/h2-8,15-16H,9-14H2,1H3,(H2,25,26,30);1H. The van der Waals surface area contributed by atoms with Gasteiger partial charge in [-0.15, -0.1) is 23.7 Å². The third-order valence-corrected chi connectivity index (χ3v) is 6.08. The fraction of sp³-hybridized carbons (Fsp3) is 0.304. The third kappa shape index (κ3) is 6.34. The molecule has 1 aliphatic heterocycles. The average molecular weight is 492 g/mol. The molecule has 176 valence electrons. The Morgan fingerprint density at radius 1 is 1.18 bits per heavy atom. The van der Waals surface area contributed by atoms with Crippen molar-refractivity contribution in [2.45, 2.75) is 6.54 Å². The van der Waals surface area contributed by atoms with Crippen molar-refractivity contribution in [3.63, 3.8) is 0 Å². The van der Waals surface area contributed by atoms with E-state index >= 15 is 0 Å². The minimum absolute atomic E-state index is 0. The molecule has 0 aliphatic carbocycles. The lowest BCUT2D eigenvalue weighted by Gasteiger charge is -2.28. The highest BCUT2D eigenvalue weighted by Crippen LogP contribution is 2.25. The van der Waals surface area contributed by atoms with Gasteiger partial charge < -0.3 is 24.8 Å². The molecule has 2 aromatic carbocycles. The Morgan fingerprint density at radius 3 is 2.64 bits per heavy atom. The van der Waals surface area contributed by atoms with Crippen molar-refractivity contribution in [3.8, 4) is 11.3 Å². The maximum Gasteiger partial charge on any atom is 0.314 e. The van der Waals surface area contributed by atoms with Crippen LogP contribution in [-0.2, 0) is 11.3 Å². The average Bonchev–Trinajstić information content (AvgIpc) is 3.22. The van der Waals surface area contributed by atoms with E-state index < -0.39 is 0 Å². The third-order valence-electron chi connectivity index (χ3n) is 5.22. The lowest BCUT2D eigenvalue weighted by Crippen LogP contribution is -2.36. The molecule has 7 nitrogen and oxygen atoms in total. The number of thiazole rings is 1. The van der Waals surface area contributed by atoms with Gasteiger partial charge in [-0.2, -0.15) is 0 Å². The first-order valence-corrected chi connectivity index (χ1v) is 11.4. The summed E-state index contributed by atoms with van der Waals surface area (Å²) in [5, 5.41) is 7.41. The van der Waals surface area contributed by atoms with Gasteiger partial charge in [0.05, 0.1) is 24.6 Å². The van der Waals surface area contributed by atoms with Crippen molar-refractivity contribution < 1.29 is 13.9 Å². The summed E-state index contributed by atoms with van der Waals surface area (Å²) in [7, 11) is 1.58. The number of urea groups is 1. The predicted molar refractivity (Wildman–Crippen MR) is 132 cm³/mol. The zero-order valence-electron chi connectivity index (χ0n) is 18.3. The molecule has 1 fully saturated rings. The van der Waals surface area contributed by atoms with E-state index in [1.54, 1.807) is 19.2 Å². The molecule has 10 heteroatoms. The van der Waals surface area contributed by atoms with Gasteiger partial charge in [-0.1, -0.05) is 18.2 Å². The Balaban J connectivity index is 0.00000306. The Morgan fingerprint density at radius 2 is 1.94 bits per heavy atom. The molecule has 2 N–H and O–H groups in total. The summed E-state index contributed by atoms with van der Waals surface area (Å²) in [4.78, 5) is 19.3. The molecular formula is C23H27ClFN5O2S. The largest absolute Gasteiger partial charge is 0.378 e. The number of hydrogen-bond acceptors (Lipinski definition) is 5. The number of nitrogens with one attached hydrogen (secondary N) is 2. The van der Waals surface area contributed by atoms with Crippen LogP contribution >= 0.6 is 23.7 Å². The zero-order valence-corrected chi connectivity index (χ0v) is 19.9. The molecular weight excluding hydrogens is 465 g/mol. The number of benzene rings is 2. The Kier molecular flexibility index (Phi) is 8.87. The number of carbonyl (C=O) groups excluding carboxylic acids is 1. The summed E-state index contributed by atoms with van der Waals surface area (Å²) >= 11 is 1.49. The van der Waals surface area contributed by atoms with Gasteiger partial charge in [-0.05, 0) is 35.9 Å². The maximum absolute atomic E-state index is 13.6. The topological polar surface area (TPSA) is 70.9 Å². The number of carbonyl (C=O) groups is 1. The second-order valence-electron chi connectivity index (χ2n) is 7.30. The van der Waals surface area contributed by atoms with Crippen LogP contribution < -0.4 is 20.3 Å². The van der Waals surface area contributed by atoms with Crippen LogP contribution in [0.25, 0.3) is 11.3 Å². The van der Waals surface area contributed by atoms with E-state index in [9.17, 15) is 9.18 Å². The fourth-order valence-corrected chi connectivity index (χ4v) is 4.51. The lowest BCUT2D eigenvalue weighted by atomic mass is 10.1. The van der Waals surface area contributed by atoms with Gasteiger partial charge in [0.25, 0.3) is 0 Å². The summed E-state index contributed by atoms with van der Waals surface area (Å²) in [5.41, 5.74) is 3.77. The molecule has 4 rings (SSSR count). The van der Waals surface area contributed by atoms with Crippen molar-refractivity contribution >= 4 is 41.1 Å². The van der Waals surface area contributed by atoms with E-state index in [-0.39, 0.29) is 24.3 Å². The van der Waals surface area contributed by atoms with Crippen LogP contribution in [0.5, 0.6) is 0 Å². The number of morpholine rings is 1. The summed E-state index contributed by atoms with van der Waals surface area (Å²) < 4.78 is 21.1. The van der Waals surface area contributed by atoms with Crippen LogP contribution in [0.3, 0.4) is 0 Å². The zero-order chi connectivity index (χ0) is 22.3. The fourth-order valence-electron chi connectivity index (χ4n) is 3.56. The normalized spacial score (nSPS) is 14.0. The van der Waals surface area contributed by atoms with E-state index in [2.05, 4.69) is 49.4 Å². The maximum atomic E-state index is 13.6.